The van der Waals surface area contributed by atoms with E-state index in [1.165, 1.54) is 5.56 Å². The van der Waals surface area contributed by atoms with Crippen molar-refractivity contribution in [1.29, 1.82) is 0 Å². The first-order valence-electron chi connectivity index (χ1n) is 8.91. The van der Waals surface area contributed by atoms with E-state index in [-0.39, 0.29) is 5.78 Å². The summed E-state index contributed by atoms with van der Waals surface area (Å²) < 4.78 is 0. The molecule has 126 valence electrons. The van der Waals surface area contributed by atoms with Crippen LogP contribution >= 0.6 is 0 Å². The largest absolute Gasteiger partial charge is 0.363 e. The van der Waals surface area contributed by atoms with E-state index in [0.717, 1.165) is 50.3 Å². The summed E-state index contributed by atoms with van der Waals surface area (Å²) in [7, 11) is 0. The van der Waals surface area contributed by atoms with E-state index in [1.807, 2.05) is 18.2 Å². The Balaban J connectivity index is 1.44. The van der Waals surface area contributed by atoms with Crippen molar-refractivity contribution in [3.8, 4) is 0 Å². The van der Waals surface area contributed by atoms with Crippen molar-refractivity contribution in [1.82, 2.24) is 4.90 Å². The molecule has 3 heteroatoms. The van der Waals surface area contributed by atoms with Crippen molar-refractivity contribution in [2.24, 2.45) is 0 Å². The molecule has 0 aromatic heterocycles. The quantitative estimate of drug-likeness (QED) is 0.687. The molecule has 1 heterocycles. The van der Waals surface area contributed by atoms with Gasteiger partial charge in [-0.1, -0.05) is 49.4 Å². The summed E-state index contributed by atoms with van der Waals surface area (Å²) in [6, 6.07) is 18.6. The molecular weight excluding hydrogens is 296 g/mol. The molecule has 0 fully saturated rings. The minimum absolute atomic E-state index is 0.255. The van der Waals surface area contributed by atoms with Crippen LogP contribution in [0.1, 0.15) is 35.7 Å². The molecule has 0 N–H and O–H groups in total. The molecule has 24 heavy (non-hydrogen) atoms. The monoisotopic (exact) mass is 322 g/mol. The van der Waals surface area contributed by atoms with Crippen LogP contribution in [0.2, 0.25) is 0 Å². The number of ketones is 1. The summed E-state index contributed by atoms with van der Waals surface area (Å²) in [5.41, 5.74) is 3.37. The van der Waals surface area contributed by atoms with E-state index in [4.69, 9.17) is 0 Å². The van der Waals surface area contributed by atoms with E-state index >= 15 is 0 Å². The minimum Gasteiger partial charge on any atom is -0.363 e. The van der Waals surface area contributed by atoms with E-state index in [9.17, 15) is 4.79 Å². The van der Waals surface area contributed by atoms with Gasteiger partial charge in [-0.2, -0.15) is 0 Å². The molecule has 0 aliphatic carbocycles. The lowest BCUT2D eigenvalue weighted by Gasteiger charge is -2.22. The molecule has 0 spiro atoms. The third-order valence-electron chi connectivity index (χ3n) is 4.73. The zero-order valence-corrected chi connectivity index (χ0v) is 14.4. The Bertz CT molecular complexity index is 669. The lowest BCUT2D eigenvalue weighted by Crippen LogP contribution is -2.27. The Kier molecular flexibility index (Phi) is 5.65. The van der Waals surface area contributed by atoms with E-state index in [1.54, 1.807) is 0 Å². The minimum atomic E-state index is 0.255. The number of fused-ring (bicyclic) bond motifs is 1. The Morgan fingerprint density at radius 2 is 1.75 bits per heavy atom. The number of nitrogens with zero attached hydrogens (tertiary/aromatic N) is 2. The summed E-state index contributed by atoms with van der Waals surface area (Å²) in [5, 5.41) is 0. The second-order valence-corrected chi connectivity index (χ2v) is 6.42. The van der Waals surface area contributed by atoms with E-state index < -0.39 is 0 Å². The predicted octanol–water partition coefficient (Wildman–Crippen LogP) is 3.99. The summed E-state index contributed by atoms with van der Waals surface area (Å²) in [5.74, 6) is 0.255. The van der Waals surface area contributed by atoms with Crippen LogP contribution in [0.15, 0.2) is 54.6 Å². The van der Waals surface area contributed by atoms with Gasteiger partial charge in [0.1, 0.15) is 0 Å². The summed E-state index contributed by atoms with van der Waals surface area (Å²) in [6.45, 7) is 6.92. The molecule has 2 aromatic rings. The van der Waals surface area contributed by atoms with Crippen molar-refractivity contribution in [2.45, 2.75) is 26.3 Å². The van der Waals surface area contributed by atoms with Crippen molar-refractivity contribution in [3.63, 3.8) is 0 Å². The van der Waals surface area contributed by atoms with Gasteiger partial charge in [-0.05, 0) is 43.6 Å². The number of hydrogen-bond donors (Lipinski definition) is 0. The van der Waals surface area contributed by atoms with Crippen molar-refractivity contribution < 1.29 is 4.79 Å². The molecule has 0 unspecified atom stereocenters. The van der Waals surface area contributed by atoms with Gasteiger partial charge in [0.25, 0.3) is 0 Å². The maximum Gasteiger partial charge on any atom is 0.184 e. The summed E-state index contributed by atoms with van der Waals surface area (Å²) >= 11 is 0. The average Bonchev–Trinajstić information content (AvgIpc) is 2.95. The fraction of sp³-hybridized carbons (Fsp3) is 0.381. The van der Waals surface area contributed by atoms with Gasteiger partial charge in [-0.3, -0.25) is 9.69 Å². The van der Waals surface area contributed by atoms with Crippen LogP contribution in [0.5, 0.6) is 0 Å². The molecule has 2 aromatic carbocycles. The molecular formula is C21H26N2O. The maximum absolute atomic E-state index is 12.0. The molecule has 0 atom stereocenters. The third kappa shape index (κ3) is 4.04. The first kappa shape index (κ1) is 16.7. The Hall–Kier alpha value is -2.13. The number of carbonyl (C=O) groups excluding carboxylic acids is 1. The van der Waals surface area contributed by atoms with Crippen LogP contribution in [-0.2, 0) is 6.54 Å². The molecule has 0 radical (unpaired) electrons. The van der Waals surface area contributed by atoms with E-state index in [2.05, 4.69) is 53.1 Å². The highest BCUT2D eigenvalue weighted by Gasteiger charge is 2.25. The smallest absolute Gasteiger partial charge is 0.184 e. The van der Waals surface area contributed by atoms with Gasteiger partial charge in [0.05, 0.1) is 6.54 Å². The standard InChI is InChI=1S/C21H26N2O/c1-2-22(16-18-10-4-3-5-11-18)14-8-9-15-23-17-21(24)19-12-6-7-13-20(19)23/h3-7,10-13H,2,8-9,14-17H2,1H3. The number of para-hydroxylation sites is 1. The molecule has 0 amide bonds. The molecule has 3 nitrogen and oxygen atoms in total. The topological polar surface area (TPSA) is 23.6 Å². The van der Waals surface area contributed by atoms with Crippen molar-refractivity contribution >= 4 is 11.5 Å². The van der Waals surface area contributed by atoms with Gasteiger partial charge in [0.2, 0.25) is 0 Å². The van der Waals surface area contributed by atoms with Gasteiger partial charge in [0.15, 0.2) is 5.78 Å². The molecule has 0 bridgehead atoms. The zero-order valence-electron chi connectivity index (χ0n) is 14.4. The van der Waals surface area contributed by atoms with Gasteiger partial charge in [-0.15, -0.1) is 0 Å². The lowest BCUT2D eigenvalue weighted by molar-refractivity contribution is 0.101. The highest BCUT2D eigenvalue weighted by atomic mass is 16.1. The second kappa shape index (κ2) is 8.11. The fourth-order valence-electron chi connectivity index (χ4n) is 3.36. The van der Waals surface area contributed by atoms with E-state index in [0.29, 0.717) is 6.54 Å². The molecule has 0 saturated carbocycles. The number of rotatable bonds is 8. The Labute approximate surface area is 144 Å². The predicted molar refractivity (Wildman–Crippen MR) is 99.6 cm³/mol. The summed E-state index contributed by atoms with van der Waals surface area (Å²) in [4.78, 5) is 16.7. The normalized spacial score (nSPS) is 13.6. The van der Waals surface area contributed by atoms with Gasteiger partial charge in [0, 0.05) is 24.3 Å². The average molecular weight is 322 g/mol. The highest BCUT2D eigenvalue weighted by molar-refractivity contribution is 6.08. The third-order valence-corrected chi connectivity index (χ3v) is 4.73. The molecule has 0 saturated heterocycles. The SMILES string of the molecule is CCN(CCCCN1CC(=O)c2ccccc21)Cc1ccccc1. The maximum atomic E-state index is 12.0. The zero-order chi connectivity index (χ0) is 16.8. The summed E-state index contributed by atoms with van der Waals surface area (Å²) in [6.07, 6.45) is 2.28. The van der Waals surface area contributed by atoms with Gasteiger partial charge < -0.3 is 4.90 Å². The van der Waals surface area contributed by atoms with Crippen LogP contribution in [-0.4, -0.2) is 36.9 Å². The molecule has 3 rings (SSSR count). The van der Waals surface area contributed by atoms with Crippen LogP contribution in [0, 0.1) is 0 Å². The van der Waals surface area contributed by atoms with Crippen LogP contribution in [0.4, 0.5) is 5.69 Å². The Morgan fingerprint density at radius 1 is 1.00 bits per heavy atom. The van der Waals surface area contributed by atoms with Gasteiger partial charge >= 0.3 is 0 Å². The number of Topliss-reactive ketones (excluding diaryl/α,β-unsaturated/α-hetero) is 1. The van der Waals surface area contributed by atoms with Crippen LogP contribution < -0.4 is 4.90 Å². The van der Waals surface area contributed by atoms with Gasteiger partial charge in [-0.25, -0.2) is 0 Å². The molecule has 1 aliphatic rings. The highest BCUT2D eigenvalue weighted by Crippen LogP contribution is 2.27. The number of unbranched alkanes of at least 4 members (excludes halogenated alkanes) is 1. The van der Waals surface area contributed by atoms with Crippen molar-refractivity contribution in [2.75, 3.05) is 31.1 Å². The lowest BCUT2D eigenvalue weighted by atomic mass is 10.1. The fourth-order valence-corrected chi connectivity index (χ4v) is 3.36. The number of hydrogen-bond acceptors (Lipinski definition) is 3. The first-order valence-corrected chi connectivity index (χ1v) is 8.91. The van der Waals surface area contributed by atoms with Crippen LogP contribution in [0.3, 0.4) is 0 Å². The second-order valence-electron chi connectivity index (χ2n) is 6.42. The number of carbonyl (C=O) groups is 1. The van der Waals surface area contributed by atoms with Crippen molar-refractivity contribution in [3.05, 3.63) is 65.7 Å². The first-order chi connectivity index (χ1) is 11.8. The Morgan fingerprint density at radius 3 is 2.54 bits per heavy atom. The van der Waals surface area contributed by atoms with Crippen LogP contribution in [0.25, 0.3) is 0 Å². The number of benzene rings is 2. The number of anilines is 1. The molecule has 1 aliphatic heterocycles.